The van der Waals surface area contributed by atoms with Crippen molar-refractivity contribution in [1.82, 2.24) is 0 Å². The van der Waals surface area contributed by atoms with E-state index in [1.807, 2.05) is 20.8 Å². The Balaban J connectivity index is 1.65. The molecule has 3 aliphatic heterocycles. The van der Waals surface area contributed by atoms with E-state index in [2.05, 4.69) is 0 Å². The second-order valence-corrected chi connectivity index (χ2v) is 18.8. The van der Waals surface area contributed by atoms with E-state index in [0.29, 0.717) is 19.3 Å². The van der Waals surface area contributed by atoms with Crippen LogP contribution in [0.5, 0.6) is 0 Å². The molecule has 3 heterocycles. The maximum Gasteiger partial charge on any atom is 0.333 e. The second kappa shape index (κ2) is 19.0. The van der Waals surface area contributed by atoms with Crippen molar-refractivity contribution in [3.63, 3.8) is 0 Å². The van der Waals surface area contributed by atoms with Gasteiger partial charge in [0.2, 0.25) is 0 Å². The molecule has 0 aromatic rings. The monoisotopic (exact) mass is 760 g/mol. The van der Waals surface area contributed by atoms with Crippen molar-refractivity contribution in [2.75, 3.05) is 33.0 Å². The Morgan fingerprint density at radius 1 is 0.627 bits per heavy atom. The number of unbranched alkanes of at least 4 members (excludes halogenated alkanes) is 2. The first-order chi connectivity index (χ1) is 23.6. The van der Waals surface area contributed by atoms with E-state index < -0.39 is 123 Å². The zero-order valence-electron chi connectivity index (χ0n) is 31.6. The number of hydrogen-bond acceptors (Lipinski definition) is 15. The van der Waals surface area contributed by atoms with Gasteiger partial charge in [-0.15, -0.1) is 0 Å². The SMILES string of the molecule is CC1C(OC2C(C)C(OC3C(C)C(OCCCCCOP(=O)(O)C(C)(C)C)OC(CO)C3O)OC(CO)C2O)OC(COC(C)(C)C)C(O)C1O. The van der Waals surface area contributed by atoms with Crippen LogP contribution in [0.3, 0.4) is 0 Å². The lowest BCUT2D eigenvalue weighted by Crippen LogP contribution is -2.63. The van der Waals surface area contributed by atoms with E-state index in [1.165, 1.54) is 0 Å². The summed E-state index contributed by atoms with van der Waals surface area (Å²) in [4.78, 5) is 10.1. The molecule has 0 radical (unpaired) electrons. The van der Waals surface area contributed by atoms with Gasteiger partial charge in [0.15, 0.2) is 18.9 Å². The predicted molar refractivity (Wildman–Crippen MR) is 182 cm³/mol. The van der Waals surface area contributed by atoms with Gasteiger partial charge in [-0.2, -0.15) is 0 Å². The largest absolute Gasteiger partial charge is 0.394 e. The summed E-state index contributed by atoms with van der Waals surface area (Å²) in [5.41, 5.74) is -0.528. The summed E-state index contributed by atoms with van der Waals surface area (Å²) >= 11 is 0. The average molecular weight is 761 g/mol. The van der Waals surface area contributed by atoms with Crippen LogP contribution in [-0.2, 0) is 42.2 Å². The zero-order valence-corrected chi connectivity index (χ0v) is 32.5. The Morgan fingerprint density at radius 3 is 1.61 bits per heavy atom. The first-order valence-corrected chi connectivity index (χ1v) is 19.7. The first-order valence-electron chi connectivity index (χ1n) is 18.1. The van der Waals surface area contributed by atoms with Gasteiger partial charge in [-0.3, -0.25) is 4.57 Å². The third-order valence-corrected chi connectivity index (χ3v) is 12.0. The highest BCUT2D eigenvalue weighted by Crippen LogP contribution is 2.54. The van der Waals surface area contributed by atoms with E-state index in [0.717, 1.165) is 0 Å². The fourth-order valence-electron chi connectivity index (χ4n) is 6.13. The minimum Gasteiger partial charge on any atom is -0.394 e. The average Bonchev–Trinajstić information content (AvgIpc) is 3.04. The van der Waals surface area contributed by atoms with E-state index in [9.17, 15) is 40.1 Å². The van der Waals surface area contributed by atoms with Crippen LogP contribution in [0.15, 0.2) is 0 Å². The van der Waals surface area contributed by atoms with Crippen LogP contribution in [0.1, 0.15) is 81.6 Å². The van der Waals surface area contributed by atoms with Crippen molar-refractivity contribution in [2.24, 2.45) is 17.8 Å². The molecule has 3 fully saturated rings. The van der Waals surface area contributed by atoms with Crippen LogP contribution >= 0.6 is 7.60 Å². The van der Waals surface area contributed by atoms with Crippen LogP contribution < -0.4 is 0 Å². The summed E-state index contributed by atoms with van der Waals surface area (Å²) in [5.74, 6) is -1.96. The molecule has 16 nitrogen and oxygen atoms in total. The molecule has 3 saturated heterocycles. The lowest BCUT2D eigenvalue weighted by Gasteiger charge is -2.49. The normalized spacial score (nSPS) is 41.0. The molecule has 0 saturated carbocycles. The molecule has 0 aromatic carbocycles. The highest BCUT2D eigenvalue weighted by atomic mass is 31.2. The van der Waals surface area contributed by atoms with Gasteiger partial charge in [-0.05, 0) is 60.8 Å². The summed E-state index contributed by atoms with van der Waals surface area (Å²) in [6.45, 7) is 14.9. The fraction of sp³-hybridized carbons (Fsp3) is 1.00. The third kappa shape index (κ3) is 11.8. The molecule has 3 aliphatic rings. The Labute approximate surface area is 302 Å². The molecule has 16 unspecified atom stereocenters. The number of ether oxygens (including phenoxy) is 7. The maximum absolute atomic E-state index is 12.3. The number of rotatable bonds is 16. The van der Waals surface area contributed by atoms with Crippen molar-refractivity contribution in [3.05, 3.63) is 0 Å². The summed E-state index contributed by atoms with van der Waals surface area (Å²) in [6.07, 6.45) is -11.4. The molecular formula is C34H65O16P. The van der Waals surface area contributed by atoms with Crippen molar-refractivity contribution in [3.8, 4) is 0 Å². The van der Waals surface area contributed by atoms with Crippen molar-refractivity contribution >= 4 is 7.60 Å². The van der Waals surface area contributed by atoms with Crippen molar-refractivity contribution in [1.29, 1.82) is 0 Å². The van der Waals surface area contributed by atoms with Gasteiger partial charge in [0, 0.05) is 24.4 Å². The summed E-state index contributed by atoms with van der Waals surface area (Å²) in [5, 5.41) is 63.1. The van der Waals surface area contributed by atoms with E-state index in [1.54, 1.807) is 41.5 Å². The minimum atomic E-state index is -3.73. The Morgan fingerprint density at radius 2 is 1.10 bits per heavy atom. The standard InChI is InChI=1S/C34H65O16P/c1-18-24(37)25(38)23(17-44-33(4,5)6)48-31(18)49-29-20(3)32(47-22(16-36)27(29)40)50-28-19(2)30(46-21(15-35)26(28)39)43-13-11-10-12-14-45-51(41,42)34(7,8)9/h18-32,35-40H,10-17H2,1-9H3,(H,41,42). The Bertz CT molecular complexity index is 1090. The lowest BCUT2D eigenvalue weighted by molar-refractivity contribution is -0.365. The Hall–Kier alpha value is -0.370. The van der Waals surface area contributed by atoms with Gasteiger partial charge >= 0.3 is 7.60 Å². The number of aliphatic hydroxyl groups excluding tert-OH is 6. The third-order valence-electron chi connectivity index (χ3n) is 9.76. The van der Waals surface area contributed by atoms with Gasteiger partial charge in [-0.25, -0.2) is 0 Å². The second-order valence-electron chi connectivity index (χ2n) is 16.1. The molecule has 51 heavy (non-hydrogen) atoms. The van der Waals surface area contributed by atoms with Gasteiger partial charge in [-0.1, -0.05) is 20.8 Å². The molecule has 0 aromatic heterocycles. The van der Waals surface area contributed by atoms with Gasteiger partial charge < -0.3 is 73.2 Å². The van der Waals surface area contributed by atoms with Crippen LogP contribution in [0.4, 0.5) is 0 Å². The quantitative estimate of drug-likeness (QED) is 0.0867. The zero-order chi connectivity index (χ0) is 38.5. The van der Waals surface area contributed by atoms with Gasteiger partial charge in [0.1, 0.15) is 36.6 Å². The van der Waals surface area contributed by atoms with Gasteiger partial charge in [0.05, 0.1) is 55.5 Å². The molecule has 302 valence electrons. The highest BCUT2D eigenvalue weighted by molar-refractivity contribution is 7.54. The van der Waals surface area contributed by atoms with Crippen LogP contribution in [0, 0.1) is 17.8 Å². The van der Waals surface area contributed by atoms with Crippen LogP contribution in [0.2, 0.25) is 0 Å². The molecule has 0 spiro atoms. The van der Waals surface area contributed by atoms with Gasteiger partial charge in [0.25, 0.3) is 0 Å². The molecule has 16 atom stereocenters. The van der Waals surface area contributed by atoms with E-state index in [4.69, 9.17) is 37.7 Å². The van der Waals surface area contributed by atoms with E-state index in [-0.39, 0.29) is 19.8 Å². The molecule has 0 aliphatic carbocycles. The lowest BCUT2D eigenvalue weighted by atomic mass is 9.89. The smallest absolute Gasteiger partial charge is 0.333 e. The maximum atomic E-state index is 12.3. The van der Waals surface area contributed by atoms with Crippen molar-refractivity contribution in [2.45, 2.75) is 166 Å². The molecule has 17 heteroatoms. The topological polar surface area (TPSA) is 233 Å². The molecule has 3 rings (SSSR count). The van der Waals surface area contributed by atoms with Crippen LogP contribution in [0.25, 0.3) is 0 Å². The number of aliphatic hydroxyl groups is 6. The highest BCUT2D eigenvalue weighted by Gasteiger charge is 2.52. The summed E-state index contributed by atoms with van der Waals surface area (Å²) < 4.78 is 59.8. The van der Waals surface area contributed by atoms with Crippen molar-refractivity contribution < 1.29 is 77.8 Å². The Kier molecular flexibility index (Phi) is 16.8. The summed E-state index contributed by atoms with van der Waals surface area (Å²) in [7, 11) is -3.73. The number of hydrogen-bond donors (Lipinski definition) is 7. The first kappa shape index (κ1) is 45.0. The molecule has 0 amide bonds. The molecule has 0 bridgehead atoms. The predicted octanol–water partition coefficient (Wildman–Crippen LogP) is 1.27. The molecular weight excluding hydrogens is 695 g/mol. The van der Waals surface area contributed by atoms with E-state index >= 15 is 0 Å². The van der Waals surface area contributed by atoms with Crippen LogP contribution in [-0.4, -0.2) is 153 Å². The minimum absolute atomic E-state index is 0.0151. The summed E-state index contributed by atoms with van der Waals surface area (Å²) in [6, 6.07) is 0. The molecule has 7 N–H and O–H groups in total. The fourth-order valence-corrected chi connectivity index (χ4v) is 6.90.